The average Bonchev–Trinajstić information content (AvgIpc) is 3.01. The second-order valence-electron chi connectivity index (χ2n) is 5.71. The Balaban J connectivity index is 1.78. The molecule has 0 saturated carbocycles. The average molecular weight is 304 g/mol. The zero-order valence-corrected chi connectivity index (χ0v) is 13.0. The molecule has 3 rings (SSSR count). The van der Waals surface area contributed by atoms with Gasteiger partial charge in [0.15, 0.2) is 0 Å². The van der Waals surface area contributed by atoms with Gasteiger partial charge in [0, 0.05) is 30.7 Å². The van der Waals surface area contributed by atoms with Crippen molar-refractivity contribution in [2.24, 2.45) is 0 Å². The van der Waals surface area contributed by atoms with Crippen molar-refractivity contribution in [3.63, 3.8) is 0 Å². The maximum atomic E-state index is 12.8. The molecule has 2 fully saturated rings. The molecule has 2 unspecified atom stereocenters. The van der Waals surface area contributed by atoms with E-state index in [1.54, 1.807) is 0 Å². The van der Waals surface area contributed by atoms with Crippen LogP contribution in [0, 0.1) is 11.8 Å². The largest absolute Gasteiger partial charge is 0.384 e. The number of aliphatic hydroxyl groups is 1. The maximum absolute atomic E-state index is 12.8. The van der Waals surface area contributed by atoms with Gasteiger partial charge in [-0.25, -0.2) is 0 Å². The van der Waals surface area contributed by atoms with Crippen LogP contribution < -0.4 is 0 Å². The molecule has 3 heterocycles. The summed E-state index contributed by atoms with van der Waals surface area (Å²) in [5.74, 6) is 5.59. The lowest BCUT2D eigenvalue weighted by Crippen LogP contribution is -2.39. The van der Waals surface area contributed by atoms with Gasteiger partial charge >= 0.3 is 0 Å². The molecule has 5 heteroatoms. The minimum atomic E-state index is -0.179. The number of likely N-dealkylation sites (N-methyl/N-ethyl adjacent to an activating group) is 1. The van der Waals surface area contributed by atoms with Gasteiger partial charge in [0.1, 0.15) is 11.5 Å². The summed E-state index contributed by atoms with van der Waals surface area (Å²) in [5, 5.41) is 10.7. The van der Waals surface area contributed by atoms with Crippen LogP contribution in [0.4, 0.5) is 0 Å². The molecule has 2 atom stereocenters. The third-order valence-corrected chi connectivity index (χ3v) is 5.50. The molecule has 2 aliphatic rings. The van der Waals surface area contributed by atoms with Crippen molar-refractivity contribution in [1.29, 1.82) is 0 Å². The van der Waals surface area contributed by atoms with Crippen LogP contribution in [0.2, 0.25) is 0 Å². The Morgan fingerprint density at radius 2 is 2.24 bits per heavy atom. The molecule has 2 saturated heterocycles. The summed E-state index contributed by atoms with van der Waals surface area (Å²) in [4.78, 5) is 17.9. The first-order valence-electron chi connectivity index (χ1n) is 7.39. The lowest BCUT2D eigenvalue weighted by Gasteiger charge is -2.25. The first-order chi connectivity index (χ1) is 10.2. The maximum Gasteiger partial charge on any atom is 0.265 e. The van der Waals surface area contributed by atoms with Gasteiger partial charge in [0.05, 0.1) is 0 Å². The van der Waals surface area contributed by atoms with Crippen LogP contribution in [-0.2, 0) is 0 Å². The number of hydrogen-bond acceptors (Lipinski definition) is 4. The number of hydrogen-bond donors (Lipinski definition) is 1. The molecular weight excluding hydrogens is 284 g/mol. The monoisotopic (exact) mass is 304 g/mol. The first kappa shape index (κ1) is 14.6. The van der Waals surface area contributed by atoms with E-state index in [4.69, 9.17) is 5.11 Å². The van der Waals surface area contributed by atoms with Crippen molar-refractivity contribution in [2.45, 2.75) is 31.3 Å². The number of fused-ring (bicyclic) bond motifs is 2. The summed E-state index contributed by atoms with van der Waals surface area (Å²) in [6, 6.07) is 2.98. The molecule has 112 valence electrons. The molecule has 0 aliphatic carbocycles. The van der Waals surface area contributed by atoms with Gasteiger partial charge in [-0.05, 0) is 37.8 Å². The lowest BCUT2D eigenvalue weighted by molar-refractivity contribution is 0.0745. The molecule has 4 nitrogen and oxygen atoms in total. The minimum Gasteiger partial charge on any atom is -0.384 e. The zero-order chi connectivity index (χ0) is 14.8. The molecule has 1 aromatic rings. The van der Waals surface area contributed by atoms with Crippen molar-refractivity contribution >= 4 is 17.2 Å². The summed E-state index contributed by atoms with van der Waals surface area (Å²) in [5.41, 5.74) is 0.738. The van der Waals surface area contributed by atoms with Crippen LogP contribution in [0.15, 0.2) is 11.4 Å². The third-order valence-electron chi connectivity index (χ3n) is 4.60. The van der Waals surface area contributed by atoms with Crippen LogP contribution in [0.1, 0.15) is 34.5 Å². The van der Waals surface area contributed by atoms with Crippen molar-refractivity contribution in [2.75, 3.05) is 26.7 Å². The van der Waals surface area contributed by atoms with E-state index in [-0.39, 0.29) is 12.5 Å². The van der Waals surface area contributed by atoms with Crippen molar-refractivity contribution in [3.05, 3.63) is 21.9 Å². The highest BCUT2D eigenvalue weighted by atomic mass is 32.1. The fourth-order valence-corrected chi connectivity index (χ4v) is 4.16. The molecule has 0 spiro atoms. The number of nitrogens with zero attached hydrogens (tertiary/aromatic N) is 2. The Morgan fingerprint density at radius 1 is 1.43 bits per heavy atom. The van der Waals surface area contributed by atoms with Crippen LogP contribution in [0.5, 0.6) is 0 Å². The SMILES string of the molecule is CN1C2CCC1CN(C(=O)c1sccc1C#CCO)CC2. The van der Waals surface area contributed by atoms with Crippen LogP contribution >= 0.6 is 11.3 Å². The quantitative estimate of drug-likeness (QED) is 0.798. The van der Waals surface area contributed by atoms with E-state index in [1.807, 2.05) is 16.3 Å². The van der Waals surface area contributed by atoms with Gasteiger partial charge in [0.25, 0.3) is 5.91 Å². The fraction of sp³-hybridized carbons (Fsp3) is 0.562. The molecule has 1 N–H and O–H groups in total. The van der Waals surface area contributed by atoms with Gasteiger partial charge in [-0.2, -0.15) is 0 Å². The summed E-state index contributed by atoms with van der Waals surface area (Å²) in [6.45, 7) is 1.47. The van der Waals surface area contributed by atoms with Gasteiger partial charge in [0.2, 0.25) is 0 Å². The van der Waals surface area contributed by atoms with Gasteiger partial charge in [-0.1, -0.05) is 11.8 Å². The Morgan fingerprint density at radius 3 is 3.05 bits per heavy atom. The van der Waals surface area contributed by atoms with E-state index in [9.17, 15) is 4.79 Å². The molecule has 2 bridgehead atoms. The van der Waals surface area contributed by atoms with E-state index in [2.05, 4.69) is 23.8 Å². The number of amides is 1. The molecule has 21 heavy (non-hydrogen) atoms. The summed E-state index contributed by atoms with van der Waals surface area (Å²) in [7, 11) is 2.18. The molecular formula is C16H20N2O2S. The number of carbonyl (C=O) groups is 1. The summed E-state index contributed by atoms with van der Waals surface area (Å²) >= 11 is 1.44. The predicted octanol–water partition coefficient (Wildman–Crippen LogP) is 1.40. The topological polar surface area (TPSA) is 43.8 Å². The van der Waals surface area contributed by atoms with Gasteiger partial charge in [-0.15, -0.1) is 11.3 Å². The molecule has 1 amide bonds. The fourth-order valence-electron chi connectivity index (χ4n) is 3.34. The highest BCUT2D eigenvalue weighted by Gasteiger charge is 2.36. The smallest absolute Gasteiger partial charge is 0.265 e. The number of thiophene rings is 1. The Hall–Kier alpha value is -1.35. The van der Waals surface area contributed by atoms with Crippen molar-refractivity contribution < 1.29 is 9.90 Å². The summed E-state index contributed by atoms with van der Waals surface area (Å²) in [6.07, 6.45) is 3.50. The van der Waals surface area contributed by atoms with Gasteiger partial charge < -0.3 is 10.0 Å². The Bertz CT molecular complexity index is 587. The number of aliphatic hydroxyl groups excluding tert-OH is 1. The van der Waals surface area contributed by atoms with Crippen LogP contribution in [0.3, 0.4) is 0 Å². The van der Waals surface area contributed by atoms with Crippen LogP contribution in [-0.4, -0.2) is 59.6 Å². The molecule has 1 aromatic heterocycles. The number of rotatable bonds is 1. The lowest BCUT2D eigenvalue weighted by atomic mass is 10.1. The minimum absolute atomic E-state index is 0.0909. The third kappa shape index (κ3) is 2.84. The van der Waals surface area contributed by atoms with E-state index in [0.29, 0.717) is 17.0 Å². The Kier molecular flexibility index (Phi) is 4.29. The first-order valence-corrected chi connectivity index (χ1v) is 8.27. The Labute approximate surface area is 129 Å². The van der Waals surface area contributed by atoms with E-state index >= 15 is 0 Å². The molecule has 0 aromatic carbocycles. The number of carbonyl (C=O) groups excluding carboxylic acids is 1. The van der Waals surface area contributed by atoms with Crippen molar-refractivity contribution in [1.82, 2.24) is 9.80 Å². The van der Waals surface area contributed by atoms with E-state index < -0.39 is 0 Å². The van der Waals surface area contributed by atoms with Crippen LogP contribution in [0.25, 0.3) is 0 Å². The second-order valence-corrected chi connectivity index (χ2v) is 6.63. The highest BCUT2D eigenvalue weighted by Crippen LogP contribution is 2.29. The summed E-state index contributed by atoms with van der Waals surface area (Å²) < 4.78 is 0. The molecule has 2 aliphatic heterocycles. The zero-order valence-electron chi connectivity index (χ0n) is 12.2. The van der Waals surface area contributed by atoms with E-state index in [0.717, 1.165) is 25.1 Å². The normalized spacial score (nSPS) is 25.3. The highest BCUT2D eigenvalue weighted by molar-refractivity contribution is 7.12. The number of likely N-dealkylation sites (tertiary alicyclic amines) is 1. The van der Waals surface area contributed by atoms with E-state index in [1.165, 1.54) is 24.2 Å². The van der Waals surface area contributed by atoms with Crippen molar-refractivity contribution in [3.8, 4) is 11.8 Å². The predicted molar refractivity (Wildman–Crippen MR) is 83.4 cm³/mol. The second kappa shape index (κ2) is 6.18. The molecule has 0 radical (unpaired) electrons. The van der Waals surface area contributed by atoms with Gasteiger partial charge in [-0.3, -0.25) is 9.69 Å². The standard InChI is InChI=1S/C16H20N2O2S/c1-17-13-4-5-14(17)11-18(8-6-13)16(20)15-12(3-2-9-19)7-10-21-15/h7,10,13-14,19H,4-6,8-9,11H2,1H3.